The quantitative estimate of drug-likeness (QED) is 0.916. The van der Waals surface area contributed by atoms with Crippen molar-refractivity contribution in [2.45, 2.75) is 43.0 Å². The maximum atomic E-state index is 11.3. The number of rotatable bonds is 3. The lowest BCUT2D eigenvalue weighted by Gasteiger charge is -2.16. The average Bonchev–Trinajstić information content (AvgIpc) is 2.89. The maximum Gasteiger partial charge on any atom is 0.238 e. The van der Waals surface area contributed by atoms with Crippen LogP contribution in [0.5, 0.6) is 0 Å². The van der Waals surface area contributed by atoms with Crippen molar-refractivity contribution in [2.24, 2.45) is 17.2 Å². The van der Waals surface area contributed by atoms with Crippen LogP contribution in [-0.2, 0) is 17.1 Å². The second-order valence-electron chi connectivity index (χ2n) is 5.80. The summed E-state index contributed by atoms with van der Waals surface area (Å²) in [6.45, 7) is 0. The van der Waals surface area contributed by atoms with Crippen molar-refractivity contribution in [1.82, 2.24) is 9.78 Å². The molecule has 0 saturated heterocycles. The maximum absolute atomic E-state index is 11.3. The van der Waals surface area contributed by atoms with Crippen molar-refractivity contribution in [1.29, 1.82) is 0 Å². The number of hydrogen-bond acceptors (Lipinski definition) is 5. The summed E-state index contributed by atoms with van der Waals surface area (Å²) < 4.78 is 24.4. The normalized spacial score (nSPS) is 17.6. The zero-order valence-electron chi connectivity index (χ0n) is 13.0. The monoisotopic (exact) mass is 352 g/mol. The van der Waals surface area contributed by atoms with Gasteiger partial charge in [0, 0.05) is 12.6 Å². The fourth-order valence-electron chi connectivity index (χ4n) is 2.73. The van der Waals surface area contributed by atoms with Gasteiger partial charge in [-0.15, -0.1) is 0 Å². The zero-order valence-corrected chi connectivity index (χ0v) is 14.6. The highest BCUT2D eigenvalue weighted by Gasteiger charge is 2.13. The summed E-state index contributed by atoms with van der Waals surface area (Å²) in [5, 5.41) is 10.4. The minimum Gasteiger partial charge on any atom is -0.254 e. The minimum atomic E-state index is -3.66. The van der Waals surface area contributed by atoms with E-state index in [0.717, 1.165) is 28.2 Å². The van der Waals surface area contributed by atoms with E-state index < -0.39 is 10.0 Å². The third-order valence-electron chi connectivity index (χ3n) is 4.00. The Bertz CT molecular complexity index is 844. The van der Waals surface area contributed by atoms with Gasteiger partial charge in [-0.05, 0) is 25.0 Å². The van der Waals surface area contributed by atoms with E-state index in [1.807, 2.05) is 7.05 Å². The number of primary sulfonamides is 1. The molecule has 1 heterocycles. The second-order valence-corrected chi connectivity index (χ2v) is 8.32. The van der Waals surface area contributed by atoms with Crippen molar-refractivity contribution >= 4 is 21.4 Å². The van der Waals surface area contributed by atoms with Gasteiger partial charge < -0.3 is 0 Å². The molecule has 0 bridgehead atoms. The first-order chi connectivity index (χ1) is 10.9. The lowest BCUT2D eigenvalue weighted by molar-refractivity contribution is 0.434. The summed E-state index contributed by atoms with van der Waals surface area (Å²) in [4.78, 5) is 5.83. The Hall–Kier alpha value is -1.51. The summed E-state index contributed by atoms with van der Waals surface area (Å²) in [6, 6.07) is 6.85. The van der Waals surface area contributed by atoms with Crippen LogP contribution in [0.25, 0.3) is 10.6 Å². The molecule has 0 aliphatic heterocycles. The van der Waals surface area contributed by atoms with Crippen LogP contribution < -0.4 is 9.94 Å². The van der Waals surface area contributed by atoms with Crippen molar-refractivity contribution in [3.8, 4) is 10.6 Å². The molecule has 124 valence electrons. The van der Waals surface area contributed by atoms with Crippen LogP contribution in [0.1, 0.15) is 32.1 Å². The zero-order chi connectivity index (χ0) is 16.4. The molecular weight excluding hydrogens is 332 g/mol. The van der Waals surface area contributed by atoms with Gasteiger partial charge in [-0.25, -0.2) is 18.2 Å². The van der Waals surface area contributed by atoms with Crippen LogP contribution in [0.15, 0.2) is 34.2 Å². The van der Waals surface area contributed by atoms with E-state index in [2.05, 4.69) is 5.10 Å². The van der Waals surface area contributed by atoms with Gasteiger partial charge in [0.2, 0.25) is 14.8 Å². The van der Waals surface area contributed by atoms with Crippen molar-refractivity contribution < 1.29 is 8.42 Å². The molecule has 8 heteroatoms. The first kappa shape index (κ1) is 16.4. The summed E-state index contributed by atoms with van der Waals surface area (Å²) >= 11 is 1.52. The van der Waals surface area contributed by atoms with Gasteiger partial charge in [0.15, 0.2) is 0 Å². The third-order valence-corrected chi connectivity index (χ3v) is 6.00. The van der Waals surface area contributed by atoms with Gasteiger partial charge in [-0.2, -0.15) is 5.10 Å². The number of aryl methyl sites for hydroxylation is 1. The molecule has 3 rings (SSSR count). The smallest absolute Gasteiger partial charge is 0.238 e. The number of benzene rings is 1. The summed E-state index contributed by atoms with van der Waals surface area (Å²) in [5.41, 5.74) is 0.864. The van der Waals surface area contributed by atoms with Crippen molar-refractivity contribution in [3.05, 3.63) is 29.1 Å². The Morgan fingerprint density at radius 3 is 2.48 bits per heavy atom. The Morgan fingerprint density at radius 1 is 1.22 bits per heavy atom. The van der Waals surface area contributed by atoms with Crippen molar-refractivity contribution in [3.63, 3.8) is 0 Å². The van der Waals surface area contributed by atoms with E-state index in [-0.39, 0.29) is 4.90 Å². The average molecular weight is 352 g/mol. The van der Waals surface area contributed by atoms with Gasteiger partial charge in [0.1, 0.15) is 5.01 Å². The Kier molecular flexibility index (Phi) is 4.65. The van der Waals surface area contributed by atoms with Crippen LogP contribution >= 0.6 is 11.3 Å². The van der Waals surface area contributed by atoms with E-state index in [9.17, 15) is 8.42 Å². The molecule has 1 aromatic carbocycles. The fraction of sp³-hybridized carbons (Fsp3) is 0.467. The summed E-state index contributed by atoms with van der Waals surface area (Å²) in [6.07, 6.45) is 6.10. The summed E-state index contributed by atoms with van der Waals surface area (Å²) in [7, 11) is -1.78. The van der Waals surface area contributed by atoms with Gasteiger partial charge >= 0.3 is 0 Å². The van der Waals surface area contributed by atoms with Gasteiger partial charge in [0.05, 0.1) is 10.9 Å². The molecule has 6 nitrogen and oxygen atoms in total. The minimum absolute atomic E-state index is 0.106. The molecule has 0 spiro atoms. The van der Waals surface area contributed by atoms with Gasteiger partial charge in [0.25, 0.3) is 0 Å². The predicted octanol–water partition coefficient (Wildman–Crippen LogP) is 2.03. The summed E-state index contributed by atoms with van der Waals surface area (Å²) in [5.74, 6) is 0. The number of aromatic nitrogens is 2. The predicted molar refractivity (Wildman–Crippen MR) is 90.3 cm³/mol. The fourth-order valence-corrected chi connectivity index (χ4v) is 4.21. The van der Waals surface area contributed by atoms with Crippen molar-refractivity contribution in [2.75, 3.05) is 0 Å². The number of nitrogens with two attached hydrogens (primary N) is 1. The Morgan fingerprint density at radius 2 is 1.87 bits per heavy atom. The molecule has 1 aliphatic carbocycles. The highest BCUT2D eigenvalue weighted by molar-refractivity contribution is 7.89. The molecule has 1 fully saturated rings. The number of sulfonamides is 1. The Labute approximate surface area is 139 Å². The molecule has 2 N–H and O–H groups in total. The molecule has 1 saturated carbocycles. The molecule has 0 radical (unpaired) electrons. The van der Waals surface area contributed by atoms with E-state index in [1.165, 1.54) is 42.7 Å². The van der Waals surface area contributed by atoms with Crippen LogP contribution in [-0.4, -0.2) is 24.2 Å². The lowest BCUT2D eigenvalue weighted by atomic mass is 9.96. The highest BCUT2D eigenvalue weighted by atomic mass is 32.2. The van der Waals surface area contributed by atoms with E-state index >= 15 is 0 Å². The molecule has 1 aromatic heterocycles. The molecule has 23 heavy (non-hydrogen) atoms. The third kappa shape index (κ3) is 3.88. The van der Waals surface area contributed by atoms with E-state index in [4.69, 9.17) is 10.1 Å². The van der Waals surface area contributed by atoms with Gasteiger partial charge in [-0.1, -0.05) is 42.7 Å². The van der Waals surface area contributed by atoms with E-state index in [0.29, 0.717) is 6.04 Å². The SMILES string of the molecule is Cn1nc(-c2ccc(S(N)(=O)=O)cc2)sc1=NC1CCCCC1. The largest absolute Gasteiger partial charge is 0.254 e. The molecule has 0 atom stereocenters. The van der Waals surface area contributed by atoms with E-state index in [1.54, 1.807) is 16.8 Å². The number of nitrogens with zero attached hydrogens (tertiary/aromatic N) is 3. The molecule has 1 aliphatic rings. The molecule has 0 unspecified atom stereocenters. The van der Waals surface area contributed by atoms with Crippen LogP contribution in [0.4, 0.5) is 0 Å². The molecule has 0 amide bonds. The molecule has 2 aromatic rings. The standard InChI is InChI=1S/C15H20N4O2S2/c1-19-15(17-12-5-3-2-4-6-12)22-14(18-19)11-7-9-13(10-8-11)23(16,20)21/h7-10,12H,2-6H2,1H3,(H2,16,20,21). The number of hydrogen-bond donors (Lipinski definition) is 1. The Balaban J connectivity index is 1.89. The highest BCUT2D eigenvalue weighted by Crippen LogP contribution is 2.22. The van der Waals surface area contributed by atoms with Crippen LogP contribution in [0.2, 0.25) is 0 Å². The topological polar surface area (TPSA) is 90.3 Å². The molecular formula is C15H20N4O2S2. The van der Waals surface area contributed by atoms with Gasteiger partial charge in [-0.3, -0.25) is 4.99 Å². The second kappa shape index (κ2) is 6.54. The first-order valence-electron chi connectivity index (χ1n) is 7.65. The van der Waals surface area contributed by atoms with Crippen LogP contribution in [0.3, 0.4) is 0 Å². The van der Waals surface area contributed by atoms with Crippen LogP contribution in [0, 0.1) is 0 Å². The lowest BCUT2D eigenvalue weighted by Crippen LogP contribution is -2.18. The first-order valence-corrected chi connectivity index (χ1v) is 10.0.